The Morgan fingerprint density at radius 3 is 2.59 bits per heavy atom. The lowest BCUT2D eigenvalue weighted by atomic mass is 10.1. The minimum atomic E-state index is -4.05. The summed E-state index contributed by atoms with van der Waals surface area (Å²) in [6.45, 7) is 3.15. The van der Waals surface area contributed by atoms with E-state index in [-0.39, 0.29) is 10.6 Å². The smallest absolute Gasteiger partial charge is 0.322 e. The summed E-state index contributed by atoms with van der Waals surface area (Å²) in [7, 11) is -4.05. The van der Waals surface area contributed by atoms with E-state index < -0.39 is 22.0 Å². The summed E-state index contributed by atoms with van der Waals surface area (Å²) >= 11 is 1.00. The molecule has 1 fully saturated rings. The third-order valence-corrected chi connectivity index (χ3v) is 9.08. The third kappa shape index (κ3) is 5.87. The molecule has 8 nitrogen and oxygen atoms in total. The first kappa shape index (κ1) is 25.0. The van der Waals surface area contributed by atoms with Crippen molar-refractivity contribution in [1.29, 1.82) is 0 Å². The highest BCUT2D eigenvalue weighted by Gasteiger charge is 2.27. The Morgan fingerprint density at radius 2 is 1.84 bits per heavy atom. The van der Waals surface area contributed by atoms with Gasteiger partial charge in [0.25, 0.3) is 10.0 Å². The quantitative estimate of drug-likeness (QED) is 0.313. The summed E-state index contributed by atoms with van der Waals surface area (Å²) in [6.07, 6.45) is 1.72. The van der Waals surface area contributed by atoms with E-state index in [1.54, 1.807) is 12.3 Å². The standard InChI is InChI=1S/C27H25N3O5S2/c31-27(32)25(17-20-18-28-24-4-2-1-3-23(20)24)29-37(33,34)26-12-11-22(36-26)10-7-19-5-8-21(9-6-19)30-13-15-35-16-14-30/h1-6,8-9,11-12,18,25,28-29H,13-17H2,(H,31,32)/t25-/m1/s1. The molecule has 3 heterocycles. The maximum Gasteiger partial charge on any atom is 0.322 e. The van der Waals surface area contributed by atoms with Gasteiger partial charge in [0.05, 0.1) is 18.1 Å². The number of nitrogens with one attached hydrogen (secondary N) is 2. The molecule has 2 aromatic carbocycles. The van der Waals surface area contributed by atoms with Crippen LogP contribution in [0.25, 0.3) is 10.9 Å². The monoisotopic (exact) mass is 535 g/mol. The lowest BCUT2D eigenvalue weighted by Gasteiger charge is -2.28. The zero-order valence-corrected chi connectivity index (χ0v) is 21.4. The number of ether oxygens (including phenoxy) is 1. The van der Waals surface area contributed by atoms with Crippen molar-refractivity contribution in [3.05, 3.63) is 82.9 Å². The molecule has 2 aromatic heterocycles. The Hall–Kier alpha value is -3.62. The number of anilines is 1. The molecule has 0 aliphatic carbocycles. The molecular formula is C27H25N3O5S2. The van der Waals surface area contributed by atoms with Crippen LogP contribution < -0.4 is 9.62 Å². The van der Waals surface area contributed by atoms with Gasteiger partial charge in [-0.2, -0.15) is 4.72 Å². The van der Waals surface area contributed by atoms with E-state index >= 15 is 0 Å². The van der Waals surface area contributed by atoms with Crippen molar-refractivity contribution in [3.63, 3.8) is 0 Å². The van der Waals surface area contributed by atoms with E-state index in [0.717, 1.165) is 65.4 Å². The number of carboxylic acid groups (broad SMARTS) is 1. The zero-order valence-electron chi connectivity index (χ0n) is 19.8. The number of aliphatic carboxylic acids is 1. The summed E-state index contributed by atoms with van der Waals surface area (Å²) in [5.74, 6) is 4.83. The molecule has 0 saturated carbocycles. The Bertz CT molecular complexity index is 1570. The number of hydrogen-bond acceptors (Lipinski definition) is 6. The molecule has 5 rings (SSSR count). The van der Waals surface area contributed by atoms with Crippen LogP contribution >= 0.6 is 11.3 Å². The normalized spacial score (nSPS) is 14.8. The molecule has 10 heteroatoms. The fourth-order valence-electron chi connectivity index (χ4n) is 4.19. The first-order valence-corrected chi connectivity index (χ1v) is 14.0. The molecule has 0 radical (unpaired) electrons. The van der Waals surface area contributed by atoms with E-state index in [2.05, 4.69) is 26.4 Å². The fourth-order valence-corrected chi connectivity index (χ4v) is 6.55. The number of hydrogen-bond donors (Lipinski definition) is 3. The van der Waals surface area contributed by atoms with E-state index in [9.17, 15) is 18.3 Å². The molecule has 3 N–H and O–H groups in total. The van der Waals surface area contributed by atoms with E-state index in [1.807, 2.05) is 48.5 Å². The number of benzene rings is 2. The summed E-state index contributed by atoms with van der Waals surface area (Å²) in [5.41, 5.74) is 3.52. The van der Waals surface area contributed by atoms with Gasteiger partial charge in [-0.05, 0) is 48.0 Å². The second kappa shape index (κ2) is 10.8. The van der Waals surface area contributed by atoms with Gasteiger partial charge >= 0.3 is 5.97 Å². The van der Waals surface area contributed by atoms with E-state index in [4.69, 9.17) is 4.74 Å². The number of nitrogens with zero attached hydrogens (tertiary/aromatic N) is 1. The molecule has 1 aliphatic heterocycles. The number of thiophene rings is 1. The van der Waals surface area contributed by atoms with Gasteiger partial charge < -0.3 is 19.7 Å². The van der Waals surface area contributed by atoms with Crippen LogP contribution in [0.15, 0.2) is 71.1 Å². The lowest BCUT2D eigenvalue weighted by molar-refractivity contribution is -0.138. The van der Waals surface area contributed by atoms with Crippen molar-refractivity contribution in [2.24, 2.45) is 0 Å². The fraction of sp³-hybridized carbons (Fsp3) is 0.222. The number of aromatic nitrogens is 1. The van der Waals surface area contributed by atoms with Crippen molar-refractivity contribution in [2.75, 3.05) is 31.2 Å². The van der Waals surface area contributed by atoms with Gasteiger partial charge in [-0.25, -0.2) is 8.42 Å². The van der Waals surface area contributed by atoms with Crippen molar-refractivity contribution in [3.8, 4) is 11.8 Å². The van der Waals surface area contributed by atoms with Crippen LogP contribution in [0, 0.1) is 11.8 Å². The number of carboxylic acids is 1. The summed E-state index contributed by atoms with van der Waals surface area (Å²) in [4.78, 5) is 17.8. The van der Waals surface area contributed by atoms with Crippen LogP contribution in [0.1, 0.15) is 16.0 Å². The van der Waals surface area contributed by atoms with Gasteiger partial charge in [0.15, 0.2) is 0 Å². The number of H-pyrrole nitrogens is 1. The molecule has 190 valence electrons. The topological polar surface area (TPSA) is 112 Å². The number of para-hydroxylation sites is 1. The molecule has 0 bridgehead atoms. The Balaban J connectivity index is 1.27. The number of rotatable bonds is 7. The number of sulfonamides is 1. The van der Waals surface area contributed by atoms with Crippen LogP contribution in [0.3, 0.4) is 0 Å². The first-order chi connectivity index (χ1) is 17.9. The Labute approximate surface area is 218 Å². The highest BCUT2D eigenvalue weighted by Crippen LogP contribution is 2.23. The van der Waals surface area contributed by atoms with Crippen molar-refractivity contribution >= 4 is 43.9 Å². The highest BCUT2D eigenvalue weighted by molar-refractivity contribution is 7.91. The van der Waals surface area contributed by atoms with Crippen LogP contribution in [-0.4, -0.2) is 56.8 Å². The molecule has 1 atom stereocenters. The Morgan fingerprint density at radius 1 is 1.08 bits per heavy atom. The maximum atomic E-state index is 13.0. The lowest BCUT2D eigenvalue weighted by Crippen LogP contribution is -2.41. The first-order valence-electron chi connectivity index (χ1n) is 11.7. The minimum Gasteiger partial charge on any atom is -0.480 e. The molecule has 1 aliphatic rings. The van der Waals surface area contributed by atoms with Gasteiger partial charge in [0.2, 0.25) is 0 Å². The SMILES string of the molecule is O=C(O)[C@@H](Cc1c[nH]c2ccccc12)NS(=O)(=O)c1ccc(C#Cc2ccc(N3CCOCC3)cc2)s1. The van der Waals surface area contributed by atoms with Gasteiger partial charge in [0.1, 0.15) is 10.3 Å². The Kier molecular flexibility index (Phi) is 7.30. The highest BCUT2D eigenvalue weighted by atomic mass is 32.2. The summed E-state index contributed by atoms with van der Waals surface area (Å²) < 4.78 is 33.7. The predicted molar refractivity (Wildman–Crippen MR) is 144 cm³/mol. The third-order valence-electron chi connectivity index (χ3n) is 6.11. The van der Waals surface area contributed by atoms with Crippen LogP contribution in [0.5, 0.6) is 0 Å². The molecule has 0 spiro atoms. The number of fused-ring (bicyclic) bond motifs is 1. The van der Waals surface area contributed by atoms with Crippen LogP contribution in [-0.2, 0) is 26.0 Å². The van der Waals surface area contributed by atoms with Crippen LogP contribution in [0.4, 0.5) is 5.69 Å². The van der Waals surface area contributed by atoms with Crippen molar-refractivity contribution in [2.45, 2.75) is 16.7 Å². The predicted octanol–water partition coefficient (Wildman–Crippen LogP) is 3.44. The number of morpholine rings is 1. The minimum absolute atomic E-state index is 0.0110. The molecule has 37 heavy (non-hydrogen) atoms. The van der Waals surface area contributed by atoms with Crippen molar-refractivity contribution in [1.82, 2.24) is 9.71 Å². The summed E-state index contributed by atoms with van der Waals surface area (Å²) in [6, 6.07) is 17.1. The van der Waals surface area contributed by atoms with Gasteiger partial charge in [-0.15, -0.1) is 11.3 Å². The second-order valence-corrected chi connectivity index (χ2v) is 11.6. The number of aromatic amines is 1. The maximum absolute atomic E-state index is 13.0. The van der Waals surface area contributed by atoms with E-state index in [1.165, 1.54) is 6.07 Å². The van der Waals surface area contributed by atoms with Gasteiger partial charge in [-0.1, -0.05) is 30.0 Å². The van der Waals surface area contributed by atoms with E-state index in [0.29, 0.717) is 4.88 Å². The van der Waals surface area contributed by atoms with Gasteiger partial charge in [0, 0.05) is 47.9 Å². The van der Waals surface area contributed by atoms with Gasteiger partial charge in [-0.3, -0.25) is 4.79 Å². The largest absolute Gasteiger partial charge is 0.480 e. The molecule has 4 aromatic rings. The molecular weight excluding hydrogens is 510 g/mol. The zero-order chi connectivity index (χ0) is 25.8. The molecule has 1 saturated heterocycles. The molecule has 0 amide bonds. The average molecular weight is 536 g/mol. The van der Waals surface area contributed by atoms with Crippen LogP contribution in [0.2, 0.25) is 0 Å². The second-order valence-electron chi connectivity index (χ2n) is 8.59. The number of carbonyl (C=O) groups is 1. The molecule has 0 unspecified atom stereocenters. The summed E-state index contributed by atoms with van der Waals surface area (Å²) in [5, 5.41) is 10.6. The average Bonchev–Trinajstić information content (AvgIpc) is 3.56. The van der Waals surface area contributed by atoms with Crippen molar-refractivity contribution < 1.29 is 23.1 Å².